The highest BCUT2D eigenvalue weighted by molar-refractivity contribution is 5.36. The molecule has 1 aliphatic heterocycles. The minimum absolute atomic E-state index is 0.360. The highest BCUT2D eigenvalue weighted by Crippen LogP contribution is 2.36. The Hall–Kier alpha value is -1.68. The molecule has 2 unspecified atom stereocenters. The number of nitrogens with zero attached hydrogens (tertiary/aromatic N) is 3. The molecule has 1 N–H and O–H groups in total. The van der Waals surface area contributed by atoms with Crippen molar-refractivity contribution in [2.45, 2.75) is 51.1 Å². The van der Waals surface area contributed by atoms with E-state index in [2.05, 4.69) is 51.3 Å². The molecule has 0 amide bonds. The highest BCUT2D eigenvalue weighted by Gasteiger charge is 2.30. The fraction of sp³-hybridized carbons (Fsp3) is 0.529. The van der Waals surface area contributed by atoms with Crippen LogP contribution in [0.1, 0.15) is 60.9 Å². The molecule has 0 saturated carbocycles. The van der Waals surface area contributed by atoms with Crippen LogP contribution in [0.4, 0.5) is 0 Å². The number of fused-ring (bicyclic) bond motifs is 2. The average Bonchev–Trinajstić information content (AvgIpc) is 2.98. The van der Waals surface area contributed by atoms with Crippen LogP contribution in [0.3, 0.4) is 0 Å². The number of aromatic nitrogens is 3. The van der Waals surface area contributed by atoms with Crippen LogP contribution < -0.4 is 5.32 Å². The van der Waals surface area contributed by atoms with Crippen LogP contribution in [-0.2, 0) is 13.0 Å². The SMILES string of the molecule is CCC1NCCn2c1nnc2C1CCCc2ccccc21. The van der Waals surface area contributed by atoms with Crippen molar-refractivity contribution in [3.05, 3.63) is 47.0 Å². The first kappa shape index (κ1) is 13.0. The van der Waals surface area contributed by atoms with Crippen LogP contribution in [0, 0.1) is 0 Å². The summed E-state index contributed by atoms with van der Waals surface area (Å²) in [4.78, 5) is 0. The monoisotopic (exact) mass is 282 g/mol. The maximum atomic E-state index is 4.59. The van der Waals surface area contributed by atoms with E-state index in [9.17, 15) is 0 Å². The minimum Gasteiger partial charge on any atom is -0.312 e. The normalized spacial score (nSPS) is 24.4. The van der Waals surface area contributed by atoms with Crippen molar-refractivity contribution < 1.29 is 0 Å². The first-order chi connectivity index (χ1) is 10.4. The molecular formula is C17H22N4. The number of hydrogen-bond donors (Lipinski definition) is 1. The van der Waals surface area contributed by atoms with Gasteiger partial charge in [-0.2, -0.15) is 0 Å². The Kier molecular flexibility index (Phi) is 3.26. The molecule has 110 valence electrons. The van der Waals surface area contributed by atoms with Crippen LogP contribution in [0.15, 0.2) is 24.3 Å². The third-order valence-corrected chi connectivity index (χ3v) is 4.94. The van der Waals surface area contributed by atoms with Crippen molar-refractivity contribution in [3.63, 3.8) is 0 Å². The van der Waals surface area contributed by atoms with Gasteiger partial charge in [-0.15, -0.1) is 10.2 Å². The van der Waals surface area contributed by atoms with E-state index in [-0.39, 0.29) is 0 Å². The molecule has 2 atom stereocenters. The lowest BCUT2D eigenvalue weighted by atomic mass is 9.82. The largest absolute Gasteiger partial charge is 0.312 e. The molecule has 4 rings (SSSR count). The van der Waals surface area contributed by atoms with E-state index in [1.807, 2.05) is 0 Å². The van der Waals surface area contributed by atoms with Gasteiger partial charge >= 0.3 is 0 Å². The van der Waals surface area contributed by atoms with Gasteiger partial charge in [-0.3, -0.25) is 0 Å². The van der Waals surface area contributed by atoms with Crippen LogP contribution >= 0.6 is 0 Å². The molecule has 4 nitrogen and oxygen atoms in total. The summed E-state index contributed by atoms with van der Waals surface area (Å²) in [6, 6.07) is 9.21. The number of hydrogen-bond acceptors (Lipinski definition) is 3. The molecule has 1 aliphatic carbocycles. The standard InChI is InChI=1S/C17H22N4/c1-2-15-17-20-19-16(21(17)11-10-18-15)14-9-5-7-12-6-3-4-8-13(12)14/h3-4,6,8,14-15,18H,2,5,7,9-11H2,1H3. The maximum Gasteiger partial charge on any atom is 0.150 e. The molecule has 0 saturated heterocycles. The summed E-state index contributed by atoms with van der Waals surface area (Å²) >= 11 is 0. The molecule has 2 aliphatic rings. The zero-order chi connectivity index (χ0) is 14.2. The molecule has 0 radical (unpaired) electrons. The smallest absolute Gasteiger partial charge is 0.150 e. The van der Waals surface area contributed by atoms with Gasteiger partial charge in [0.2, 0.25) is 0 Å². The van der Waals surface area contributed by atoms with Crippen molar-refractivity contribution in [2.75, 3.05) is 6.54 Å². The van der Waals surface area contributed by atoms with E-state index in [0.717, 1.165) is 25.3 Å². The summed E-state index contributed by atoms with van der Waals surface area (Å²) in [5.74, 6) is 2.73. The minimum atomic E-state index is 0.360. The predicted octanol–water partition coefficient (Wildman–Crippen LogP) is 2.80. The van der Waals surface area contributed by atoms with E-state index < -0.39 is 0 Å². The summed E-state index contributed by atoms with van der Waals surface area (Å²) < 4.78 is 2.37. The lowest BCUT2D eigenvalue weighted by molar-refractivity contribution is 0.395. The molecule has 2 heterocycles. The number of aryl methyl sites for hydroxylation is 1. The molecule has 21 heavy (non-hydrogen) atoms. The number of rotatable bonds is 2. The molecule has 0 spiro atoms. The fourth-order valence-corrected chi connectivity index (χ4v) is 3.86. The molecule has 4 heteroatoms. The Bertz CT molecular complexity index is 646. The summed E-state index contributed by atoms with van der Waals surface area (Å²) in [5, 5.41) is 12.6. The molecule has 2 aromatic rings. The van der Waals surface area contributed by atoms with Crippen molar-refractivity contribution in [1.82, 2.24) is 20.1 Å². The van der Waals surface area contributed by atoms with E-state index in [1.165, 1.54) is 36.2 Å². The first-order valence-electron chi connectivity index (χ1n) is 8.12. The second kappa shape index (κ2) is 5.26. The topological polar surface area (TPSA) is 42.7 Å². The summed E-state index contributed by atoms with van der Waals surface area (Å²) in [5.41, 5.74) is 2.96. The van der Waals surface area contributed by atoms with E-state index in [0.29, 0.717) is 12.0 Å². The summed E-state index contributed by atoms with van der Waals surface area (Å²) in [6.45, 7) is 4.22. The molecule has 0 bridgehead atoms. The summed E-state index contributed by atoms with van der Waals surface area (Å²) in [7, 11) is 0. The van der Waals surface area contributed by atoms with Gasteiger partial charge in [0, 0.05) is 19.0 Å². The van der Waals surface area contributed by atoms with Crippen LogP contribution in [0.2, 0.25) is 0 Å². The maximum absolute atomic E-state index is 4.59. The van der Waals surface area contributed by atoms with Gasteiger partial charge in [0.25, 0.3) is 0 Å². The quantitative estimate of drug-likeness (QED) is 0.921. The Morgan fingerprint density at radius 1 is 1.24 bits per heavy atom. The second-order valence-electron chi connectivity index (χ2n) is 6.13. The van der Waals surface area contributed by atoms with E-state index >= 15 is 0 Å². The average molecular weight is 282 g/mol. The van der Waals surface area contributed by atoms with Crippen LogP contribution in [0.5, 0.6) is 0 Å². The van der Waals surface area contributed by atoms with Crippen molar-refractivity contribution in [2.24, 2.45) is 0 Å². The highest BCUT2D eigenvalue weighted by atomic mass is 15.3. The third kappa shape index (κ3) is 2.09. The zero-order valence-electron chi connectivity index (χ0n) is 12.5. The summed E-state index contributed by atoms with van der Waals surface area (Å²) in [6.07, 6.45) is 4.71. The molecular weight excluding hydrogens is 260 g/mol. The number of benzene rings is 1. The Morgan fingerprint density at radius 2 is 2.10 bits per heavy atom. The second-order valence-corrected chi connectivity index (χ2v) is 6.13. The Balaban J connectivity index is 1.77. The zero-order valence-corrected chi connectivity index (χ0v) is 12.5. The first-order valence-corrected chi connectivity index (χ1v) is 8.12. The lowest BCUT2D eigenvalue weighted by Gasteiger charge is -2.28. The van der Waals surface area contributed by atoms with Crippen LogP contribution in [0.25, 0.3) is 0 Å². The number of nitrogens with one attached hydrogen (secondary N) is 1. The Morgan fingerprint density at radius 3 is 3.00 bits per heavy atom. The Labute approximate surface area is 125 Å². The van der Waals surface area contributed by atoms with Gasteiger partial charge in [-0.1, -0.05) is 31.2 Å². The van der Waals surface area contributed by atoms with Gasteiger partial charge in [-0.05, 0) is 36.8 Å². The fourth-order valence-electron chi connectivity index (χ4n) is 3.86. The van der Waals surface area contributed by atoms with Crippen molar-refractivity contribution >= 4 is 0 Å². The van der Waals surface area contributed by atoms with Gasteiger partial charge in [0.15, 0.2) is 0 Å². The van der Waals surface area contributed by atoms with Crippen molar-refractivity contribution in [3.8, 4) is 0 Å². The third-order valence-electron chi connectivity index (χ3n) is 4.94. The van der Waals surface area contributed by atoms with E-state index in [1.54, 1.807) is 0 Å². The van der Waals surface area contributed by atoms with Gasteiger partial charge in [0.1, 0.15) is 11.6 Å². The van der Waals surface area contributed by atoms with Gasteiger partial charge in [0.05, 0.1) is 6.04 Å². The van der Waals surface area contributed by atoms with Gasteiger partial charge in [-0.25, -0.2) is 0 Å². The predicted molar refractivity (Wildman–Crippen MR) is 82.3 cm³/mol. The van der Waals surface area contributed by atoms with E-state index in [4.69, 9.17) is 0 Å². The lowest BCUT2D eigenvalue weighted by Crippen LogP contribution is -2.34. The molecule has 1 aromatic heterocycles. The van der Waals surface area contributed by atoms with Crippen LogP contribution in [-0.4, -0.2) is 21.3 Å². The van der Waals surface area contributed by atoms with Gasteiger partial charge < -0.3 is 9.88 Å². The molecule has 0 fully saturated rings. The molecule has 1 aromatic carbocycles. The van der Waals surface area contributed by atoms with Crippen molar-refractivity contribution in [1.29, 1.82) is 0 Å².